The fourth-order valence-corrected chi connectivity index (χ4v) is 5.40. The van der Waals surface area contributed by atoms with Gasteiger partial charge in [0.2, 0.25) is 5.88 Å². The van der Waals surface area contributed by atoms with Crippen LogP contribution in [0.1, 0.15) is 34.8 Å². The number of sulfonamides is 1. The van der Waals surface area contributed by atoms with E-state index in [1.807, 2.05) is 31.2 Å². The molecule has 0 fully saturated rings. The minimum atomic E-state index is -3.85. The molecule has 4 rings (SSSR count). The van der Waals surface area contributed by atoms with Crippen LogP contribution >= 0.6 is 0 Å². The van der Waals surface area contributed by atoms with E-state index in [9.17, 15) is 13.2 Å². The van der Waals surface area contributed by atoms with Gasteiger partial charge in [-0.25, -0.2) is 13.4 Å². The van der Waals surface area contributed by atoms with E-state index in [1.54, 1.807) is 18.3 Å². The highest BCUT2D eigenvalue weighted by molar-refractivity contribution is 7.92. The van der Waals surface area contributed by atoms with Gasteiger partial charge in [0.25, 0.3) is 15.9 Å². The van der Waals surface area contributed by atoms with Crippen LogP contribution in [0.5, 0.6) is 11.6 Å². The first-order valence-corrected chi connectivity index (χ1v) is 12.5. The molecule has 0 unspecified atom stereocenters. The smallest absolute Gasteiger partial charge is 0.264 e. The third-order valence-electron chi connectivity index (χ3n) is 5.58. The van der Waals surface area contributed by atoms with E-state index >= 15 is 0 Å². The third kappa shape index (κ3) is 4.70. The molecule has 0 radical (unpaired) electrons. The number of hydrogen-bond donors (Lipinski definition) is 1. The SMILES string of the molecule is CCCOc1ncccc1CNC(=O)c1cc(S(=O)(=O)N2CCc3ccccc32)ccc1OC. The van der Waals surface area contributed by atoms with Crippen molar-refractivity contribution in [1.82, 2.24) is 10.3 Å². The Morgan fingerprint density at radius 1 is 1.15 bits per heavy atom. The van der Waals surface area contributed by atoms with E-state index in [-0.39, 0.29) is 22.8 Å². The van der Waals surface area contributed by atoms with Gasteiger partial charge in [-0.1, -0.05) is 31.2 Å². The highest BCUT2D eigenvalue weighted by Gasteiger charge is 2.31. The standard InChI is InChI=1S/C25H27N3O5S/c1-3-15-33-25-19(8-6-13-26-25)17-27-24(29)21-16-20(10-11-23(21)32-2)34(30,31)28-14-12-18-7-4-5-9-22(18)28/h4-11,13,16H,3,12,14-15,17H2,1-2H3,(H,27,29). The number of para-hydroxylation sites is 1. The highest BCUT2D eigenvalue weighted by atomic mass is 32.2. The molecule has 2 heterocycles. The van der Waals surface area contributed by atoms with Crippen molar-refractivity contribution < 1.29 is 22.7 Å². The Kier molecular flexibility index (Phi) is 7.02. The number of amides is 1. The Labute approximate surface area is 199 Å². The summed E-state index contributed by atoms with van der Waals surface area (Å²) in [4.78, 5) is 17.3. The molecule has 0 saturated carbocycles. The maximum atomic E-state index is 13.4. The Morgan fingerprint density at radius 3 is 2.76 bits per heavy atom. The summed E-state index contributed by atoms with van der Waals surface area (Å²) >= 11 is 0. The zero-order valence-corrected chi connectivity index (χ0v) is 20.0. The number of nitrogens with zero attached hydrogens (tertiary/aromatic N) is 2. The van der Waals surface area contributed by atoms with Gasteiger partial charge in [-0.3, -0.25) is 9.10 Å². The van der Waals surface area contributed by atoms with E-state index in [1.165, 1.54) is 29.6 Å². The van der Waals surface area contributed by atoms with Gasteiger partial charge < -0.3 is 14.8 Å². The van der Waals surface area contributed by atoms with Gasteiger partial charge in [0, 0.05) is 24.8 Å². The van der Waals surface area contributed by atoms with Crippen molar-refractivity contribution >= 4 is 21.6 Å². The number of anilines is 1. The number of rotatable bonds is 9. The summed E-state index contributed by atoms with van der Waals surface area (Å²) in [5.41, 5.74) is 2.51. The van der Waals surface area contributed by atoms with Crippen LogP contribution in [0.3, 0.4) is 0 Å². The summed E-state index contributed by atoms with van der Waals surface area (Å²) in [6.07, 6.45) is 3.11. The Balaban J connectivity index is 1.58. The largest absolute Gasteiger partial charge is 0.496 e. The number of nitrogens with one attached hydrogen (secondary N) is 1. The molecule has 2 aromatic carbocycles. The first kappa shape index (κ1) is 23.6. The minimum absolute atomic E-state index is 0.0310. The summed E-state index contributed by atoms with van der Waals surface area (Å²) in [6, 6.07) is 15.3. The summed E-state index contributed by atoms with van der Waals surface area (Å²) < 4.78 is 39.2. The van der Waals surface area contributed by atoms with Crippen LogP contribution in [0.4, 0.5) is 5.69 Å². The molecule has 3 aromatic rings. The van der Waals surface area contributed by atoms with Crippen molar-refractivity contribution in [2.45, 2.75) is 31.2 Å². The number of ether oxygens (including phenoxy) is 2. The lowest BCUT2D eigenvalue weighted by Crippen LogP contribution is -2.30. The molecule has 0 saturated heterocycles. The van der Waals surface area contributed by atoms with Crippen LogP contribution in [-0.4, -0.2) is 39.6 Å². The Morgan fingerprint density at radius 2 is 1.97 bits per heavy atom. The lowest BCUT2D eigenvalue weighted by molar-refractivity contribution is 0.0947. The predicted molar refractivity (Wildman–Crippen MR) is 129 cm³/mol. The van der Waals surface area contributed by atoms with Crippen LogP contribution < -0.4 is 19.1 Å². The van der Waals surface area contributed by atoms with E-state index < -0.39 is 15.9 Å². The van der Waals surface area contributed by atoms with E-state index in [4.69, 9.17) is 9.47 Å². The van der Waals surface area contributed by atoms with Crippen molar-refractivity contribution in [1.29, 1.82) is 0 Å². The van der Waals surface area contributed by atoms with Gasteiger partial charge in [-0.15, -0.1) is 0 Å². The van der Waals surface area contributed by atoms with Gasteiger partial charge in [0.1, 0.15) is 5.75 Å². The number of methoxy groups -OCH3 is 1. The molecule has 1 N–H and O–H groups in total. The van der Waals surface area contributed by atoms with Crippen molar-refractivity contribution in [2.24, 2.45) is 0 Å². The zero-order chi connectivity index (χ0) is 24.1. The summed E-state index contributed by atoms with van der Waals surface area (Å²) in [5.74, 6) is 0.286. The Hall–Kier alpha value is -3.59. The predicted octanol–water partition coefficient (Wildman–Crippen LogP) is 3.56. The molecular weight excluding hydrogens is 454 g/mol. The van der Waals surface area contributed by atoms with Gasteiger partial charge >= 0.3 is 0 Å². The van der Waals surface area contributed by atoms with Crippen molar-refractivity contribution in [3.8, 4) is 11.6 Å². The number of benzene rings is 2. The topological polar surface area (TPSA) is 97.8 Å². The average molecular weight is 482 g/mol. The second-order valence-electron chi connectivity index (χ2n) is 7.82. The lowest BCUT2D eigenvalue weighted by Gasteiger charge is -2.20. The molecule has 1 amide bonds. The quantitative estimate of drug-likeness (QED) is 0.502. The summed E-state index contributed by atoms with van der Waals surface area (Å²) in [7, 11) is -2.41. The van der Waals surface area contributed by atoms with Gasteiger partial charge in [0.05, 0.1) is 29.9 Å². The number of fused-ring (bicyclic) bond motifs is 1. The fraction of sp³-hybridized carbons (Fsp3) is 0.280. The van der Waals surface area contributed by atoms with E-state index in [0.29, 0.717) is 31.1 Å². The van der Waals surface area contributed by atoms with Crippen molar-refractivity contribution in [3.05, 3.63) is 77.5 Å². The molecule has 0 spiro atoms. The molecule has 0 aliphatic carbocycles. The first-order valence-electron chi connectivity index (χ1n) is 11.1. The number of aromatic nitrogens is 1. The molecule has 0 atom stereocenters. The number of hydrogen-bond acceptors (Lipinski definition) is 6. The van der Waals surface area contributed by atoms with Crippen LogP contribution in [0.25, 0.3) is 0 Å². The number of carbonyl (C=O) groups is 1. The normalized spacial score (nSPS) is 12.8. The molecule has 1 aliphatic heterocycles. The van der Waals surface area contributed by atoms with Crippen LogP contribution in [0, 0.1) is 0 Å². The number of pyridine rings is 1. The molecule has 0 bridgehead atoms. The van der Waals surface area contributed by atoms with Gasteiger partial charge in [-0.2, -0.15) is 0 Å². The van der Waals surface area contributed by atoms with E-state index in [0.717, 1.165) is 17.5 Å². The van der Waals surface area contributed by atoms with Crippen molar-refractivity contribution in [2.75, 3.05) is 24.6 Å². The van der Waals surface area contributed by atoms with Gasteiger partial charge in [-0.05, 0) is 48.7 Å². The van der Waals surface area contributed by atoms with Crippen LogP contribution in [0.15, 0.2) is 65.7 Å². The highest BCUT2D eigenvalue weighted by Crippen LogP contribution is 2.34. The van der Waals surface area contributed by atoms with Crippen molar-refractivity contribution in [3.63, 3.8) is 0 Å². The van der Waals surface area contributed by atoms with Crippen LogP contribution in [0.2, 0.25) is 0 Å². The zero-order valence-electron chi connectivity index (χ0n) is 19.2. The average Bonchev–Trinajstić information content (AvgIpc) is 3.31. The first-order chi connectivity index (χ1) is 16.5. The maximum Gasteiger partial charge on any atom is 0.264 e. The van der Waals surface area contributed by atoms with Gasteiger partial charge in [0.15, 0.2) is 0 Å². The molecule has 1 aromatic heterocycles. The molecule has 1 aliphatic rings. The monoisotopic (exact) mass is 481 g/mol. The summed E-state index contributed by atoms with van der Waals surface area (Å²) in [5, 5.41) is 2.82. The molecule has 9 heteroatoms. The molecule has 178 valence electrons. The molecular formula is C25H27N3O5S. The summed E-state index contributed by atoms with van der Waals surface area (Å²) in [6.45, 7) is 3.05. The second-order valence-corrected chi connectivity index (χ2v) is 9.68. The number of carbonyl (C=O) groups excluding carboxylic acids is 1. The lowest BCUT2D eigenvalue weighted by atomic mass is 10.1. The fourth-order valence-electron chi connectivity index (χ4n) is 3.87. The maximum absolute atomic E-state index is 13.4. The second kappa shape index (κ2) is 10.1. The third-order valence-corrected chi connectivity index (χ3v) is 7.39. The van der Waals surface area contributed by atoms with E-state index in [2.05, 4.69) is 10.3 Å². The molecule has 8 nitrogen and oxygen atoms in total. The minimum Gasteiger partial charge on any atom is -0.496 e. The van der Waals surface area contributed by atoms with Crippen LogP contribution in [-0.2, 0) is 23.0 Å². The molecule has 34 heavy (non-hydrogen) atoms. The Bertz CT molecular complexity index is 1290.